The number of rotatable bonds is 13. The maximum atomic E-state index is 15.0. The second-order valence-corrected chi connectivity index (χ2v) is 11.6. The Bertz CT molecular complexity index is 1390. The van der Waals surface area contributed by atoms with Gasteiger partial charge in [0.1, 0.15) is 30.5 Å². The standard InChI is InChI=1S/C35H35BrF3NO3/c36-28-18-30(38)29(31(39)19-28)16-17-40-21-33(41-22-25-10-4-1-5-11-25)35(43-24-27-14-8-3-9-15-27)34(32(40)20-37)42-23-26-12-6-2-7-13-26/h1-15,18-19,32-35H,16-17,20-24H2/t32-,33+,34-,35-/m1/s1. The summed E-state index contributed by atoms with van der Waals surface area (Å²) < 4.78 is 64.1. The topological polar surface area (TPSA) is 30.9 Å². The van der Waals surface area contributed by atoms with Gasteiger partial charge in [0.05, 0.1) is 32.0 Å². The smallest absolute Gasteiger partial charge is 0.130 e. The van der Waals surface area contributed by atoms with Crippen LogP contribution < -0.4 is 0 Å². The molecule has 0 amide bonds. The van der Waals surface area contributed by atoms with E-state index < -0.39 is 42.7 Å². The number of nitrogens with zero attached hydrogens (tertiary/aromatic N) is 1. The number of halogens is 4. The number of hydrogen-bond donors (Lipinski definition) is 0. The molecule has 0 radical (unpaired) electrons. The number of benzene rings is 4. The van der Waals surface area contributed by atoms with Crippen LogP contribution in [0.15, 0.2) is 108 Å². The van der Waals surface area contributed by atoms with Crippen molar-refractivity contribution in [3.8, 4) is 0 Å². The first kappa shape index (κ1) is 31.4. The van der Waals surface area contributed by atoms with Gasteiger partial charge in [0.2, 0.25) is 0 Å². The summed E-state index contributed by atoms with van der Waals surface area (Å²) in [6.07, 6.45) is -1.73. The highest BCUT2D eigenvalue weighted by Crippen LogP contribution is 2.30. The number of hydrogen-bond acceptors (Lipinski definition) is 4. The number of alkyl halides is 1. The number of piperidine rings is 1. The highest BCUT2D eigenvalue weighted by molar-refractivity contribution is 9.10. The average molecular weight is 655 g/mol. The summed E-state index contributed by atoms with van der Waals surface area (Å²) in [5, 5.41) is 0. The van der Waals surface area contributed by atoms with Crippen LogP contribution in [0.5, 0.6) is 0 Å². The summed E-state index contributed by atoms with van der Waals surface area (Å²) in [4.78, 5) is 1.88. The zero-order chi connectivity index (χ0) is 30.0. The van der Waals surface area contributed by atoms with Crippen LogP contribution in [0, 0.1) is 11.6 Å². The van der Waals surface area contributed by atoms with Gasteiger partial charge < -0.3 is 14.2 Å². The molecule has 8 heteroatoms. The Balaban J connectivity index is 1.42. The largest absolute Gasteiger partial charge is 0.369 e. The molecule has 0 spiro atoms. The predicted molar refractivity (Wildman–Crippen MR) is 164 cm³/mol. The van der Waals surface area contributed by atoms with Crippen molar-refractivity contribution in [2.24, 2.45) is 0 Å². The minimum atomic E-state index is -0.721. The van der Waals surface area contributed by atoms with Crippen molar-refractivity contribution >= 4 is 15.9 Å². The van der Waals surface area contributed by atoms with Crippen molar-refractivity contribution in [1.29, 1.82) is 0 Å². The third kappa shape index (κ3) is 8.55. The molecule has 0 aliphatic carbocycles. The van der Waals surface area contributed by atoms with E-state index in [0.717, 1.165) is 16.7 Å². The van der Waals surface area contributed by atoms with Crippen molar-refractivity contribution in [2.45, 2.75) is 50.6 Å². The molecule has 4 nitrogen and oxygen atoms in total. The van der Waals surface area contributed by atoms with E-state index in [-0.39, 0.29) is 25.1 Å². The molecule has 0 saturated carbocycles. The Hall–Kier alpha value is -3.01. The van der Waals surface area contributed by atoms with Crippen molar-refractivity contribution in [3.05, 3.63) is 141 Å². The summed E-state index contributed by atoms with van der Waals surface area (Å²) in [5.41, 5.74) is 2.88. The molecule has 43 heavy (non-hydrogen) atoms. The van der Waals surface area contributed by atoms with E-state index in [4.69, 9.17) is 14.2 Å². The molecule has 4 aromatic rings. The first-order valence-corrected chi connectivity index (χ1v) is 15.2. The van der Waals surface area contributed by atoms with Crippen LogP contribution in [-0.2, 0) is 40.5 Å². The van der Waals surface area contributed by atoms with Crippen molar-refractivity contribution in [1.82, 2.24) is 4.90 Å². The normalized spacial score (nSPS) is 20.7. The van der Waals surface area contributed by atoms with Crippen LogP contribution in [0.3, 0.4) is 0 Å². The minimum absolute atomic E-state index is 0.0354. The van der Waals surface area contributed by atoms with Gasteiger partial charge >= 0.3 is 0 Å². The van der Waals surface area contributed by atoms with Crippen molar-refractivity contribution in [3.63, 3.8) is 0 Å². The van der Waals surface area contributed by atoms with Crippen LogP contribution in [0.2, 0.25) is 0 Å². The Labute approximate surface area is 259 Å². The van der Waals surface area contributed by atoms with E-state index >= 15 is 0 Å². The van der Waals surface area contributed by atoms with Gasteiger partial charge in [-0.15, -0.1) is 0 Å². The van der Waals surface area contributed by atoms with Gasteiger partial charge in [-0.25, -0.2) is 13.2 Å². The van der Waals surface area contributed by atoms with Crippen LogP contribution in [0.25, 0.3) is 0 Å². The average Bonchev–Trinajstić information content (AvgIpc) is 3.03. The van der Waals surface area contributed by atoms with Gasteiger partial charge in [-0.3, -0.25) is 4.90 Å². The summed E-state index contributed by atoms with van der Waals surface area (Å²) in [6, 6.07) is 31.0. The van der Waals surface area contributed by atoms with E-state index in [1.165, 1.54) is 12.1 Å². The molecule has 0 unspecified atom stereocenters. The Morgan fingerprint density at radius 2 is 1.14 bits per heavy atom. The van der Waals surface area contributed by atoms with Crippen molar-refractivity contribution in [2.75, 3.05) is 19.8 Å². The van der Waals surface area contributed by atoms with E-state index in [0.29, 0.717) is 24.2 Å². The fraction of sp³-hybridized carbons (Fsp3) is 0.314. The van der Waals surface area contributed by atoms with Gasteiger partial charge in [0, 0.05) is 23.1 Å². The third-order valence-electron chi connectivity index (χ3n) is 7.74. The summed E-state index contributed by atoms with van der Waals surface area (Å²) in [7, 11) is 0. The van der Waals surface area contributed by atoms with Gasteiger partial charge in [0.25, 0.3) is 0 Å². The second-order valence-electron chi connectivity index (χ2n) is 10.7. The fourth-order valence-electron chi connectivity index (χ4n) is 5.48. The summed E-state index contributed by atoms with van der Waals surface area (Å²) >= 11 is 3.14. The van der Waals surface area contributed by atoms with E-state index in [9.17, 15) is 13.2 Å². The summed E-state index contributed by atoms with van der Waals surface area (Å²) in [5.74, 6) is -1.28. The van der Waals surface area contributed by atoms with Gasteiger partial charge in [-0.2, -0.15) is 0 Å². The van der Waals surface area contributed by atoms with Crippen LogP contribution in [0.4, 0.5) is 13.2 Å². The Morgan fingerprint density at radius 1 is 0.674 bits per heavy atom. The molecular weight excluding hydrogens is 619 g/mol. The number of ether oxygens (including phenoxy) is 3. The third-order valence-corrected chi connectivity index (χ3v) is 8.20. The fourth-order valence-corrected chi connectivity index (χ4v) is 5.89. The molecule has 1 saturated heterocycles. The van der Waals surface area contributed by atoms with Gasteiger partial charge in [-0.05, 0) is 35.2 Å². The molecule has 0 N–H and O–H groups in total. The highest BCUT2D eigenvalue weighted by atomic mass is 79.9. The maximum Gasteiger partial charge on any atom is 0.130 e. The zero-order valence-electron chi connectivity index (χ0n) is 23.8. The SMILES string of the molecule is FC[C@@H]1[C@@H](OCc2ccccc2)[C@H](OCc2ccccc2)[C@@H](OCc2ccccc2)CN1CCc1c(F)cc(Br)cc1F. The molecule has 1 aliphatic heterocycles. The van der Waals surface area contributed by atoms with Crippen LogP contribution in [0.1, 0.15) is 22.3 Å². The quantitative estimate of drug-likeness (QED) is 0.148. The molecule has 0 aromatic heterocycles. The lowest BCUT2D eigenvalue weighted by molar-refractivity contribution is -0.205. The molecular formula is C35H35BrF3NO3. The Morgan fingerprint density at radius 3 is 1.63 bits per heavy atom. The lowest BCUT2D eigenvalue weighted by Gasteiger charge is -2.47. The molecule has 5 rings (SSSR count). The molecule has 1 heterocycles. The highest BCUT2D eigenvalue weighted by Gasteiger charge is 2.46. The lowest BCUT2D eigenvalue weighted by Crippen LogP contribution is -2.64. The van der Waals surface area contributed by atoms with Gasteiger partial charge in [-0.1, -0.05) is 107 Å². The molecule has 0 bridgehead atoms. The first-order chi connectivity index (χ1) is 21.0. The summed E-state index contributed by atoms with van der Waals surface area (Å²) in [6.45, 7) is 0.684. The second kappa shape index (κ2) is 15.6. The minimum Gasteiger partial charge on any atom is -0.369 e. The monoisotopic (exact) mass is 653 g/mol. The molecule has 226 valence electrons. The molecule has 1 aliphatic rings. The van der Waals surface area contributed by atoms with E-state index in [1.54, 1.807) is 0 Å². The van der Waals surface area contributed by atoms with Gasteiger partial charge in [0.15, 0.2) is 0 Å². The zero-order valence-corrected chi connectivity index (χ0v) is 25.3. The van der Waals surface area contributed by atoms with Crippen LogP contribution >= 0.6 is 15.9 Å². The molecule has 4 atom stereocenters. The molecule has 1 fully saturated rings. The van der Waals surface area contributed by atoms with Crippen LogP contribution in [-0.4, -0.2) is 49.0 Å². The van der Waals surface area contributed by atoms with E-state index in [2.05, 4.69) is 15.9 Å². The molecule has 4 aromatic carbocycles. The van der Waals surface area contributed by atoms with Crippen molar-refractivity contribution < 1.29 is 27.4 Å². The maximum absolute atomic E-state index is 15.0. The lowest BCUT2D eigenvalue weighted by atomic mass is 9.92. The number of likely N-dealkylation sites (tertiary alicyclic amines) is 1. The first-order valence-electron chi connectivity index (χ1n) is 14.4. The Kier molecular flexibility index (Phi) is 11.4. The predicted octanol–water partition coefficient (Wildman–Crippen LogP) is 7.68. The van der Waals surface area contributed by atoms with E-state index in [1.807, 2.05) is 95.9 Å².